The number of aromatic hydroxyl groups is 1. The fourth-order valence-electron chi connectivity index (χ4n) is 1.67. The van der Waals surface area contributed by atoms with Gasteiger partial charge in [-0.15, -0.1) is 0 Å². The van der Waals surface area contributed by atoms with Crippen LogP contribution in [0.15, 0.2) is 54.6 Å². The van der Waals surface area contributed by atoms with E-state index >= 15 is 0 Å². The summed E-state index contributed by atoms with van der Waals surface area (Å²) in [6.07, 6.45) is 3.08. The highest BCUT2D eigenvalue weighted by molar-refractivity contribution is 6.02. The van der Waals surface area contributed by atoms with Crippen molar-refractivity contribution in [1.29, 1.82) is 0 Å². The summed E-state index contributed by atoms with van der Waals surface area (Å²) < 4.78 is 5.11. The highest BCUT2D eigenvalue weighted by Crippen LogP contribution is 2.21. The smallest absolute Gasteiger partial charge is 0.248 e. The summed E-state index contributed by atoms with van der Waals surface area (Å²) in [4.78, 5) is 11.8. The molecule has 0 radical (unpaired) electrons. The van der Waals surface area contributed by atoms with Crippen molar-refractivity contribution in [1.82, 2.24) is 0 Å². The number of para-hydroxylation sites is 2. The molecule has 0 atom stereocenters. The molecule has 0 saturated carbocycles. The van der Waals surface area contributed by atoms with Gasteiger partial charge in [0.15, 0.2) is 0 Å². The lowest BCUT2D eigenvalue weighted by molar-refractivity contribution is -0.111. The van der Waals surface area contributed by atoms with Crippen molar-refractivity contribution in [3.8, 4) is 11.5 Å². The normalized spacial score (nSPS) is 10.4. The van der Waals surface area contributed by atoms with Crippen LogP contribution < -0.4 is 10.1 Å². The van der Waals surface area contributed by atoms with E-state index in [4.69, 9.17) is 4.74 Å². The van der Waals surface area contributed by atoms with E-state index in [9.17, 15) is 9.90 Å². The molecule has 0 aliphatic carbocycles. The van der Waals surface area contributed by atoms with E-state index < -0.39 is 0 Å². The first-order valence-corrected chi connectivity index (χ1v) is 6.10. The molecule has 2 aromatic rings. The lowest BCUT2D eigenvalue weighted by atomic mass is 10.2. The van der Waals surface area contributed by atoms with Crippen LogP contribution in [0, 0.1) is 0 Å². The Labute approximate surface area is 117 Å². The Kier molecular flexibility index (Phi) is 4.39. The molecule has 20 heavy (non-hydrogen) atoms. The molecular weight excluding hydrogens is 254 g/mol. The topological polar surface area (TPSA) is 58.6 Å². The lowest BCUT2D eigenvalue weighted by Crippen LogP contribution is -2.07. The molecule has 4 heteroatoms. The number of rotatable bonds is 4. The summed E-state index contributed by atoms with van der Waals surface area (Å²) in [5, 5.41) is 12.2. The van der Waals surface area contributed by atoms with Crippen molar-refractivity contribution in [2.75, 3.05) is 12.4 Å². The van der Waals surface area contributed by atoms with Crippen LogP contribution in [0.4, 0.5) is 5.69 Å². The van der Waals surface area contributed by atoms with Crippen LogP contribution in [-0.2, 0) is 4.79 Å². The third kappa shape index (κ3) is 3.62. The number of carbonyl (C=O) groups is 1. The summed E-state index contributed by atoms with van der Waals surface area (Å²) in [5.74, 6) is 0.457. The molecule has 0 heterocycles. The molecule has 0 aromatic heterocycles. The maximum Gasteiger partial charge on any atom is 0.248 e. The van der Waals surface area contributed by atoms with Crippen LogP contribution in [0.1, 0.15) is 5.56 Å². The molecule has 0 saturated heterocycles. The predicted octanol–water partition coefficient (Wildman–Crippen LogP) is 3.05. The molecule has 4 nitrogen and oxygen atoms in total. The van der Waals surface area contributed by atoms with E-state index in [0.29, 0.717) is 5.69 Å². The van der Waals surface area contributed by atoms with E-state index in [2.05, 4.69) is 5.32 Å². The molecule has 1 amide bonds. The van der Waals surface area contributed by atoms with Gasteiger partial charge in [-0.3, -0.25) is 4.79 Å². The zero-order valence-corrected chi connectivity index (χ0v) is 11.0. The monoisotopic (exact) mass is 269 g/mol. The van der Waals surface area contributed by atoms with Gasteiger partial charge in [0.2, 0.25) is 5.91 Å². The minimum atomic E-state index is -0.311. The highest BCUT2D eigenvalue weighted by Gasteiger charge is 2.02. The third-order valence-electron chi connectivity index (χ3n) is 2.68. The number of amides is 1. The van der Waals surface area contributed by atoms with Crippen LogP contribution in [-0.4, -0.2) is 18.1 Å². The van der Waals surface area contributed by atoms with Gasteiger partial charge < -0.3 is 15.2 Å². The summed E-state index contributed by atoms with van der Waals surface area (Å²) >= 11 is 0. The van der Waals surface area contributed by atoms with Crippen molar-refractivity contribution >= 4 is 17.7 Å². The zero-order chi connectivity index (χ0) is 14.4. The number of hydrogen-bond acceptors (Lipinski definition) is 3. The summed E-state index contributed by atoms with van der Waals surface area (Å²) in [6.45, 7) is 0. The molecular formula is C16H15NO3. The quantitative estimate of drug-likeness (QED) is 0.662. The fraction of sp³-hybridized carbons (Fsp3) is 0.0625. The first kappa shape index (κ1) is 13.7. The number of phenolic OH excluding ortho intramolecular Hbond substituents is 1. The predicted molar refractivity (Wildman–Crippen MR) is 78.8 cm³/mol. The molecule has 0 aliphatic heterocycles. The average Bonchev–Trinajstić information content (AvgIpc) is 2.48. The second-order valence-corrected chi connectivity index (χ2v) is 4.12. The number of carbonyl (C=O) groups excluding carboxylic acids is 1. The number of anilines is 1. The second-order valence-electron chi connectivity index (χ2n) is 4.12. The Balaban J connectivity index is 2.04. The van der Waals surface area contributed by atoms with E-state index in [1.54, 1.807) is 31.4 Å². The first-order valence-electron chi connectivity index (χ1n) is 6.10. The van der Waals surface area contributed by atoms with Gasteiger partial charge in [0.1, 0.15) is 11.5 Å². The van der Waals surface area contributed by atoms with E-state index in [1.807, 2.05) is 24.3 Å². The molecule has 102 valence electrons. The third-order valence-corrected chi connectivity index (χ3v) is 2.68. The van der Waals surface area contributed by atoms with Crippen LogP contribution in [0.2, 0.25) is 0 Å². The molecule has 0 fully saturated rings. The summed E-state index contributed by atoms with van der Waals surface area (Å²) in [5.41, 5.74) is 1.24. The molecule has 2 N–H and O–H groups in total. The van der Waals surface area contributed by atoms with Crippen molar-refractivity contribution in [2.24, 2.45) is 0 Å². The van der Waals surface area contributed by atoms with Crippen LogP contribution in [0.3, 0.4) is 0 Å². The molecule has 0 spiro atoms. The zero-order valence-electron chi connectivity index (χ0n) is 11.0. The van der Waals surface area contributed by atoms with Gasteiger partial charge in [0, 0.05) is 6.08 Å². The van der Waals surface area contributed by atoms with Crippen molar-refractivity contribution in [3.05, 3.63) is 60.2 Å². The van der Waals surface area contributed by atoms with E-state index in [-0.39, 0.29) is 11.7 Å². The molecule has 2 rings (SSSR count). The Morgan fingerprint density at radius 1 is 1.20 bits per heavy atom. The Morgan fingerprint density at radius 3 is 2.75 bits per heavy atom. The van der Waals surface area contributed by atoms with Crippen molar-refractivity contribution in [2.45, 2.75) is 0 Å². The second kappa shape index (κ2) is 6.43. The number of nitrogens with one attached hydrogen (secondary N) is 1. The number of benzene rings is 2. The van der Waals surface area contributed by atoms with Crippen LogP contribution >= 0.6 is 0 Å². The van der Waals surface area contributed by atoms with E-state index in [1.165, 1.54) is 12.1 Å². The minimum absolute atomic E-state index is 0.0376. The maximum atomic E-state index is 11.8. The maximum absolute atomic E-state index is 11.8. The SMILES string of the molecule is COc1cccc(/C=C/C(=O)Nc2ccccc2O)c1. The Bertz CT molecular complexity index is 635. The number of ether oxygens (including phenoxy) is 1. The van der Waals surface area contributed by atoms with Gasteiger partial charge in [-0.25, -0.2) is 0 Å². The van der Waals surface area contributed by atoms with Gasteiger partial charge in [0.25, 0.3) is 0 Å². The summed E-state index contributed by atoms with van der Waals surface area (Å²) in [6, 6.07) is 13.9. The Morgan fingerprint density at radius 2 is 2.00 bits per heavy atom. The molecule has 0 aliphatic rings. The van der Waals surface area contributed by atoms with Crippen molar-refractivity contribution < 1.29 is 14.6 Å². The molecule has 0 unspecified atom stereocenters. The lowest BCUT2D eigenvalue weighted by Gasteiger charge is -2.04. The highest BCUT2D eigenvalue weighted by atomic mass is 16.5. The first-order chi connectivity index (χ1) is 9.69. The minimum Gasteiger partial charge on any atom is -0.506 e. The van der Waals surface area contributed by atoms with Gasteiger partial charge in [-0.1, -0.05) is 24.3 Å². The van der Waals surface area contributed by atoms with Crippen LogP contribution in [0.25, 0.3) is 6.08 Å². The van der Waals surface area contributed by atoms with Gasteiger partial charge >= 0.3 is 0 Å². The van der Waals surface area contributed by atoms with Gasteiger partial charge in [-0.05, 0) is 35.9 Å². The largest absolute Gasteiger partial charge is 0.506 e. The van der Waals surface area contributed by atoms with Gasteiger partial charge in [0.05, 0.1) is 12.8 Å². The average molecular weight is 269 g/mol. The summed E-state index contributed by atoms with van der Waals surface area (Å²) in [7, 11) is 1.59. The number of phenols is 1. The van der Waals surface area contributed by atoms with Crippen molar-refractivity contribution in [3.63, 3.8) is 0 Å². The van der Waals surface area contributed by atoms with E-state index in [0.717, 1.165) is 11.3 Å². The number of hydrogen-bond donors (Lipinski definition) is 2. The van der Waals surface area contributed by atoms with Crippen LogP contribution in [0.5, 0.6) is 11.5 Å². The Hall–Kier alpha value is -2.75. The molecule has 0 bridgehead atoms. The number of methoxy groups -OCH3 is 1. The fourth-order valence-corrected chi connectivity index (χ4v) is 1.67. The molecule has 2 aromatic carbocycles. The van der Waals surface area contributed by atoms with Gasteiger partial charge in [-0.2, -0.15) is 0 Å². The standard InChI is InChI=1S/C16H15NO3/c1-20-13-6-4-5-12(11-13)9-10-16(19)17-14-7-2-3-8-15(14)18/h2-11,18H,1H3,(H,17,19)/b10-9+.